The Morgan fingerprint density at radius 2 is 1.90 bits per heavy atom. The lowest BCUT2D eigenvalue weighted by molar-refractivity contribution is 0.217. The van der Waals surface area contributed by atoms with Crippen LogP contribution in [0.4, 0.5) is 0 Å². The van der Waals surface area contributed by atoms with Gasteiger partial charge in [0.1, 0.15) is 12.4 Å². The number of aromatic nitrogens is 1. The van der Waals surface area contributed by atoms with Crippen molar-refractivity contribution in [2.45, 2.75) is 32.0 Å². The molecule has 1 aromatic heterocycles. The lowest BCUT2D eigenvalue weighted by Gasteiger charge is -2.28. The minimum Gasteiger partial charge on any atom is -0.490 e. The van der Waals surface area contributed by atoms with Gasteiger partial charge in [-0.05, 0) is 53.8 Å². The van der Waals surface area contributed by atoms with Crippen LogP contribution in [0.3, 0.4) is 0 Å². The summed E-state index contributed by atoms with van der Waals surface area (Å²) in [5.74, 6) is 0.842. The summed E-state index contributed by atoms with van der Waals surface area (Å²) >= 11 is 0. The molecule has 1 fully saturated rings. The van der Waals surface area contributed by atoms with Crippen molar-refractivity contribution < 1.29 is 4.74 Å². The van der Waals surface area contributed by atoms with Gasteiger partial charge in [0, 0.05) is 37.4 Å². The second kappa shape index (κ2) is 8.36. The third-order valence-electron chi connectivity index (χ3n) is 5.97. The molecule has 3 heterocycles. The first kappa shape index (κ1) is 18.3. The summed E-state index contributed by atoms with van der Waals surface area (Å²) in [4.78, 5) is 6.93. The molecular weight excluding hydrogens is 358 g/mol. The van der Waals surface area contributed by atoms with Gasteiger partial charge in [0.15, 0.2) is 0 Å². The Hall–Kier alpha value is -2.69. The van der Waals surface area contributed by atoms with Gasteiger partial charge in [-0.1, -0.05) is 42.5 Å². The number of nitrogens with zero attached hydrogens (tertiary/aromatic N) is 2. The number of nitrogens with one attached hydrogen (secondary N) is 1. The fraction of sp³-hybridized carbons (Fsp3) is 0.320. The third kappa shape index (κ3) is 4.34. The maximum atomic E-state index is 5.92. The molecule has 4 nitrogen and oxygen atoms in total. The first-order valence-electron chi connectivity index (χ1n) is 10.5. The topological polar surface area (TPSA) is 37.4 Å². The molecule has 2 aliphatic heterocycles. The predicted molar refractivity (Wildman–Crippen MR) is 116 cm³/mol. The standard InChI is InChI=1S/C25H27N3O/c1-2-6-22-17-28(11-9-20(22)5-1)16-19-4-3-7-21(12-19)23-13-25(15-26-14-23)29-18-24-8-10-27-24/h1-7,12-15,24,27H,8-11,16-18H2. The molecule has 3 aromatic rings. The molecule has 0 amide bonds. The normalized spacial score (nSPS) is 18.7. The molecule has 4 heteroatoms. The zero-order valence-electron chi connectivity index (χ0n) is 16.7. The van der Waals surface area contributed by atoms with E-state index in [0.717, 1.165) is 43.9 Å². The zero-order valence-corrected chi connectivity index (χ0v) is 16.7. The zero-order chi connectivity index (χ0) is 19.5. The third-order valence-corrected chi connectivity index (χ3v) is 5.97. The molecule has 1 atom stereocenters. The Morgan fingerprint density at radius 1 is 1.00 bits per heavy atom. The second-order valence-electron chi connectivity index (χ2n) is 8.09. The summed E-state index contributed by atoms with van der Waals surface area (Å²) in [6.07, 6.45) is 6.05. The molecule has 5 rings (SSSR count). The second-order valence-corrected chi connectivity index (χ2v) is 8.09. The molecule has 0 saturated carbocycles. The maximum Gasteiger partial charge on any atom is 0.138 e. The molecule has 29 heavy (non-hydrogen) atoms. The van der Waals surface area contributed by atoms with Crippen LogP contribution in [0.5, 0.6) is 5.75 Å². The Labute approximate surface area is 172 Å². The minimum atomic E-state index is 0.483. The number of hydrogen-bond acceptors (Lipinski definition) is 4. The lowest BCUT2D eigenvalue weighted by atomic mass is 9.99. The fourth-order valence-electron chi connectivity index (χ4n) is 4.14. The van der Waals surface area contributed by atoms with Gasteiger partial charge in [-0.2, -0.15) is 0 Å². The summed E-state index contributed by atoms with van der Waals surface area (Å²) in [6, 6.07) is 20.2. The molecule has 0 spiro atoms. The number of benzene rings is 2. The summed E-state index contributed by atoms with van der Waals surface area (Å²) in [7, 11) is 0. The summed E-state index contributed by atoms with van der Waals surface area (Å²) in [5.41, 5.74) is 6.60. The molecule has 0 aliphatic carbocycles. The Balaban J connectivity index is 1.27. The summed E-state index contributed by atoms with van der Waals surface area (Å²) in [5, 5.41) is 3.36. The highest BCUT2D eigenvalue weighted by molar-refractivity contribution is 5.64. The SMILES string of the molecule is c1cc(CN2CCc3ccccc3C2)cc(-c2cncc(OCC3CCN3)c2)c1. The number of ether oxygens (including phenoxy) is 1. The van der Waals surface area contributed by atoms with E-state index in [0.29, 0.717) is 12.6 Å². The van der Waals surface area contributed by atoms with Crippen molar-refractivity contribution in [2.75, 3.05) is 19.7 Å². The van der Waals surface area contributed by atoms with Crippen molar-refractivity contribution in [3.8, 4) is 16.9 Å². The van der Waals surface area contributed by atoms with Crippen LogP contribution in [-0.4, -0.2) is 35.6 Å². The Bertz CT molecular complexity index is 983. The Morgan fingerprint density at radius 3 is 2.76 bits per heavy atom. The van der Waals surface area contributed by atoms with Crippen molar-refractivity contribution in [2.24, 2.45) is 0 Å². The van der Waals surface area contributed by atoms with E-state index in [4.69, 9.17) is 4.74 Å². The summed E-state index contributed by atoms with van der Waals surface area (Å²) in [6.45, 7) is 4.92. The average Bonchev–Trinajstić information content (AvgIpc) is 2.73. The molecule has 0 radical (unpaired) electrons. The Kier molecular flexibility index (Phi) is 5.29. The number of fused-ring (bicyclic) bond motifs is 1. The molecular formula is C25H27N3O. The van der Waals surface area contributed by atoms with E-state index in [1.165, 1.54) is 28.7 Å². The van der Waals surface area contributed by atoms with Crippen LogP contribution < -0.4 is 10.1 Å². The van der Waals surface area contributed by atoms with E-state index in [1.807, 2.05) is 6.20 Å². The van der Waals surface area contributed by atoms with Crippen LogP contribution in [0, 0.1) is 0 Å². The minimum absolute atomic E-state index is 0.483. The molecule has 148 valence electrons. The van der Waals surface area contributed by atoms with Gasteiger partial charge >= 0.3 is 0 Å². The van der Waals surface area contributed by atoms with Crippen LogP contribution in [-0.2, 0) is 19.5 Å². The number of pyridine rings is 1. The van der Waals surface area contributed by atoms with Gasteiger partial charge in [0.05, 0.1) is 6.20 Å². The fourth-order valence-corrected chi connectivity index (χ4v) is 4.14. The van der Waals surface area contributed by atoms with E-state index in [1.54, 1.807) is 6.20 Å². The first-order valence-corrected chi connectivity index (χ1v) is 10.5. The monoisotopic (exact) mass is 385 g/mol. The van der Waals surface area contributed by atoms with Crippen molar-refractivity contribution >= 4 is 0 Å². The van der Waals surface area contributed by atoms with Gasteiger partial charge in [0.2, 0.25) is 0 Å². The quantitative estimate of drug-likeness (QED) is 0.695. The van der Waals surface area contributed by atoms with Crippen molar-refractivity contribution in [3.05, 3.63) is 83.7 Å². The van der Waals surface area contributed by atoms with Crippen molar-refractivity contribution in [1.82, 2.24) is 15.2 Å². The van der Waals surface area contributed by atoms with Gasteiger partial charge in [0.25, 0.3) is 0 Å². The molecule has 1 unspecified atom stereocenters. The van der Waals surface area contributed by atoms with Gasteiger partial charge in [-0.15, -0.1) is 0 Å². The van der Waals surface area contributed by atoms with E-state index in [2.05, 4.69) is 69.8 Å². The molecule has 1 N–H and O–H groups in total. The predicted octanol–water partition coefficient (Wildman–Crippen LogP) is 4.05. The van der Waals surface area contributed by atoms with Crippen LogP contribution in [0.1, 0.15) is 23.1 Å². The lowest BCUT2D eigenvalue weighted by Crippen LogP contribution is -2.46. The van der Waals surface area contributed by atoms with Gasteiger partial charge < -0.3 is 10.1 Å². The molecule has 2 aromatic carbocycles. The molecule has 0 bridgehead atoms. The van der Waals surface area contributed by atoms with Crippen LogP contribution in [0.2, 0.25) is 0 Å². The van der Waals surface area contributed by atoms with E-state index >= 15 is 0 Å². The van der Waals surface area contributed by atoms with E-state index < -0.39 is 0 Å². The molecule has 2 aliphatic rings. The number of hydrogen-bond donors (Lipinski definition) is 1. The van der Waals surface area contributed by atoms with Gasteiger partial charge in [-0.25, -0.2) is 0 Å². The smallest absolute Gasteiger partial charge is 0.138 e. The highest BCUT2D eigenvalue weighted by Crippen LogP contribution is 2.26. The number of rotatable bonds is 6. The largest absolute Gasteiger partial charge is 0.490 e. The first-order chi connectivity index (χ1) is 14.3. The highest BCUT2D eigenvalue weighted by atomic mass is 16.5. The van der Waals surface area contributed by atoms with Crippen LogP contribution in [0.15, 0.2) is 67.0 Å². The van der Waals surface area contributed by atoms with Crippen molar-refractivity contribution in [3.63, 3.8) is 0 Å². The highest BCUT2D eigenvalue weighted by Gasteiger charge is 2.17. The van der Waals surface area contributed by atoms with E-state index in [9.17, 15) is 0 Å². The van der Waals surface area contributed by atoms with Crippen LogP contribution in [0.25, 0.3) is 11.1 Å². The summed E-state index contributed by atoms with van der Waals surface area (Å²) < 4.78 is 5.92. The van der Waals surface area contributed by atoms with E-state index in [-0.39, 0.29) is 0 Å². The average molecular weight is 386 g/mol. The van der Waals surface area contributed by atoms with Crippen LogP contribution >= 0.6 is 0 Å². The molecule has 1 saturated heterocycles. The van der Waals surface area contributed by atoms with Gasteiger partial charge in [-0.3, -0.25) is 9.88 Å². The maximum absolute atomic E-state index is 5.92. The van der Waals surface area contributed by atoms with Crippen molar-refractivity contribution in [1.29, 1.82) is 0 Å².